The molecule has 0 bridgehead atoms. The van der Waals surface area contributed by atoms with Crippen molar-refractivity contribution in [3.05, 3.63) is 119 Å². The molecule has 2 aliphatic rings. The van der Waals surface area contributed by atoms with Gasteiger partial charge in [-0.05, 0) is 116 Å². The Labute approximate surface area is 247 Å². The third kappa shape index (κ3) is 3.62. The lowest BCUT2D eigenvalue weighted by atomic mass is 9.79. The summed E-state index contributed by atoms with van der Waals surface area (Å²) in [4.78, 5) is 2.65. The van der Waals surface area contributed by atoms with E-state index in [9.17, 15) is 0 Å². The predicted molar refractivity (Wildman–Crippen MR) is 176 cm³/mol. The highest BCUT2D eigenvalue weighted by Gasteiger charge is 2.41. The van der Waals surface area contributed by atoms with Gasteiger partial charge in [0.15, 0.2) is 0 Å². The normalized spacial score (nSPS) is 15.3. The lowest BCUT2D eigenvalue weighted by molar-refractivity contribution is 0.652. The number of thioether (sulfide) groups is 2. The highest BCUT2D eigenvalue weighted by Crippen LogP contribution is 2.57. The summed E-state index contributed by atoms with van der Waals surface area (Å²) < 4.78 is 0. The molecule has 0 saturated heterocycles. The SMILES string of the molecule is CSc1ccccc1-c1ccc2c(c1)C(C)(C)c1cc3c(cc1-2)C(C)(C)c1cc(-c2ccccc2SC)ccc1-3. The van der Waals surface area contributed by atoms with Gasteiger partial charge in [-0.15, -0.1) is 23.5 Å². The summed E-state index contributed by atoms with van der Waals surface area (Å²) in [6, 6.07) is 36.8. The smallest absolute Gasteiger partial charge is 0.0159 e. The van der Waals surface area contributed by atoms with Gasteiger partial charge < -0.3 is 0 Å². The molecule has 2 heteroatoms. The molecule has 0 aliphatic heterocycles. The monoisotopic (exact) mass is 554 g/mol. The summed E-state index contributed by atoms with van der Waals surface area (Å²) in [5, 5.41) is 0. The zero-order valence-electron chi connectivity index (χ0n) is 24.1. The molecule has 0 fully saturated rings. The van der Waals surface area contributed by atoms with Crippen molar-refractivity contribution in [2.45, 2.75) is 48.3 Å². The van der Waals surface area contributed by atoms with Crippen molar-refractivity contribution in [2.24, 2.45) is 0 Å². The van der Waals surface area contributed by atoms with Crippen LogP contribution in [0.2, 0.25) is 0 Å². The van der Waals surface area contributed by atoms with Gasteiger partial charge in [0.2, 0.25) is 0 Å². The van der Waals surface area contributed by atoms with E-state index in [1.165, 1.54) is 76.6 Å². The lowest BCUT2D eigenvalue weighted by Crippen LogP contribution is -2.17. The maximum Gasteiger partial charge on any atom is 0.0159 e. The third-order valence-electron chi connectivity index (χ3n) is 9.31. The molecule has 5 aromatic rings. The highest BCUT2D eigenvalue weighted by molar-refractivity contribution is 7.99. The van der Waals surface area contributed by atoms with Crippen molar-refractivity contribution >= 4 is 23.5 Å². The van der Waals surface area contributed by atoms with Gasteiger partial charge in [0.25, 0.3) is 0 Å². The Morgan fingerprint density at radius 2 is 0.775 bits per heavy atom. The van der Waals surface area contributed by atoms with Crippen molar-refractivity contribution < 1.29 is 0 Å². The van der Waals surface area contributed by atoms with Crippen LogP contribution in [0.25, 0.3) is 44.5 Å². The van der Waals surface area contributed by atoms with Gasteiger partial charge >= 0.3 is 0 Å². The first kappa shape index (κ1) is 25.7. The molecule has 0 atom stereocenters. The van der Waals surface area contributed by atoms with E-state index in [2.05, 4.69) is 137 Å². The van der Waals surface area contributed by atoms with Gasteiger partial charge in [0.05, 0.1) is 0 Å². The second kappa shape index (κ2) is 9.16. The molecular formula is C38H34S2. The van der Waals surface area contributed by atoms with E-state index in [1.807, 2.05) is 23.5 Å². The molecule has 0 aromatic heterocycles. The molecule has 0 unspecified atom stereocenters. The minimum Gasteiger partial charge on any atom is -0.129 e. The molecule has 198 valence electrons. The summed E-state index contributed by atoms with van der Waals surface area (Å²) in [7, 11) is 0. The first-order valence-electron chi connectivity index (χ1n) is 14.0. The maximum atomic E-state index is 2.52. The first-order valence-corrected chi connectivity index (χ1v) is 16.5. The Hall–Kier alpha value is -3.20. The fourth-order valence-electron chi connectivity index (χ4n) is 7.06. The van der Waals surface area contributed by atoms with Gasteiger partial charge in [-0.3, -0.25) is 0 Å². The van der Waals surface area contributed by atoms with E-state index in [-0.39, 0.29) is 10.8 Å². The molecule has 0 saturated carbocycles. The number of hydrogen-bond acceptors (Lipinski definition) is 2. The van der Waals surface area contributed by atoms with E-state index in [1.54, 1.807) is 0 Å². The van der Waals surface area contributed by atoms with E-state index in [4.69, 9.17) is 0 Å². The van der Waals surface area contributed by atoms with Crippen LogP contribution in [-0.4, -0.2) is 12.5 Å². The quantitative estimate of drug-likeness (QED) is 0.203. The molecule has 2 aliphatic carbocycles. The molecule has 0 N–H and O–H groups in total. The Morgan fingerprint density at radius 3 is 1.18 bits per heavy atom. The van der Waals surface area contributed by atoms with Gasteiger partial charge in [-0.2, -0.15) is 0 Å². The summed E-state index contributed by atoms with van der Waals surface area (Å²) in [5.41, 5.74) is 16.4. The fraction of sp³-hybridized carbons (Fsp3) is 0.211. The summed E-state index contributed by atoms with van der Waals surface area (Å²) >= 11 is 3.64. The number of rotatable bonds is 4. The van der Waals surface area contributed by atoms with Gasteiger partial charge in [-0.25, -0.2) is 0 Å². The second-order valence-electron chi connectivity index (χ2n) is 12.1. The van der Waals surface area contributed by atoms with Gasteiger partial charge in [-0.1, -0.05) is 88.4 Å². The summed E-state index contributed by atoms with van der Waals surface area (Å²) in [6.07, 6.45) is 4.33. The summed E-state index contributed by atoms with van der Waals surface area (Å²) in [5.74, 6) is 0. The van der Waals surface area contributed by atoms with Crippen LogP contribution < -0.4 is 0 Å². The van der Waals surface area contributed by atoms with Crippen molar-refractivity contribution in [1.82, 2.24) is 0 Å². The lowest BCUT2D eigenvalue weighted by Gasteiger charge is -2.24. The largest absolute Gasteiger partial charge is 0.129 e. The van der Waals surface area contributed by atoms with Crippen molar-refractivity contribution in [3.63, 3.8) is 0 Å². The number of hydrogen-bond donors (Lipinski definition) is 0. The van der Waals surface area contributed by atoms with E-state index < -0.39 is 0 Å². The Kier molecular flexibility index (Phi) is 5.90. The average molecular weight is 555 g/mol. The first-order chi connectivity index (χ1) is 19.3. The second-order valence-corrected chi connectivity index (χ2v) is 13.8. The van der Waals surface area contributed by atoms with E-state index in [0.29, 0.717) is 0 Å². The molecule has 0 amide bonds. The van der Waals surface area contributed by atoms with Crippen LogP contribution in [0.5, 0.6) is 0 Å². The molecule has 40 heavy (non-hydrogen) atoms. The van der Waals surface area contributed by atoms with E-state index >= 15 is 0 Å². The topological polar surface area (TPSA) is 0 Å². The van der Waals surface area contributed by atoms with Gasteiger partial charge in [0, 0.05) is 20.6 Å². The standard InChI is InChI=1S/C38H34S2/c1-37(2)31-19-23(25-11-7-9-13-35(25)39-5)15-17-27(31)29-22-34-30(21-33(29)37)28-18-16-24(20-32(28)38(34,3)4)26-12-8-10-14-36(26)40-6/h7-22H,1-6H3. The van der Waals surface area contributed by atoms with Crippen LogP contribution in [0, 0.1) is 0 Å². The third-order valence-corrected chi connectivity index (χ3v) is 10.9. The zero-order valence-corrected chi connectivity index (χ0v) is 25.7. The Balaban J connectivity index is 1.37. The predicted octanol–water partition coefficient (Wildman–Crippen LogP) is 11.1. The molecule has 5 aromatic carbocycles. The van der Waals surface area contributed by atoms with Crippen LogP contribution in [0.15, 0.2) is 107 Å². The Bertz CT molecular complexity index is 1690. The fourth-order valence-corrected chi connectivity index (χ4v) is 8.30. The molecular weight excluding hydrogens is 521 g/mol. The maximum absolute atomic E-state index is 2.52. The number of benzene rings is 5. The minimum absolute atomic E-state index is 0.0614. The molecule has 0 spiro atoms. The highest BCUT2D eigenvalue weighted by atomic mass is 32.2. The molecule has 0 heterocycles. The molecule has 0 radical (unpaired) electrons. The zero-order chi connectivity index (χ0) is 27.8. The van der Waals surface area contributed by atoms with Crippen molar-refractivity contribution in [1.29, 1.82) is 0 Å². The van der Waals surface area contributed by atoms with Crippen molar-refractivity contribution in [3.8, 4) is 44.5 Å². The average Bonchev–Trinajstić information content (AvgIpc) is 3.34. The van der Waals surface area contributed by atoms with Crippen LogP contribution >= 0.6 is 23.5 Å². The van der Waals surface area contributed by atoms with Crippen LogP contribution in [0.4, 0.5) is 0 Å². The van der Waals surface area contributed by atoms with Gasteiger partial charge in [0.1, 0.15) is 0 Å². The molecule has 0 nitrogen and oxygen atoms in total. The van der Waals surface area contributed by atoms with Crippen molar-refractivity contribution in [2.75, 3.05) is 12.5 Å². The minimum atomic E-state index is -0.0614. The Morgan fingerprint density at radius 1 is 0.400 bits per heavy atom. The summed E-state index contributed by atoms with van der Waals surface area (Å²) in [6.45, 7) is 9.60. The molecule has 7 rings (SSSR count). The van der Waals surface area contributed by atoms with E-state index in [0.717, 1.165) is 0 Å². The van der Waals surface area contributed by atoms with Crippen LogP contribution in [0.1, 0.15) is 49.9 Å². The number of fused-ring (bicyclic) bond motifs is 6. The van der Waals surface area contributed by atoms with Crippen LogP contribution in [-0.2, 0) is 10.8 Å². The van der Waals surface area contributed by atoms with Crippen LogP contribution in [0.3, 0.4) is 0 Å².